The van der Waals surface area contributed by atoms with Crippen LogP contribution in [0.2, 0.25) is 0 Å². The van der Waals surface area contributed by atoms with Crippen LogP contribution < -0.4 is 9.47 Å². The Balaban J connectivity index is 1.80. The Hall–Kier alpha value is -2.18. The predicted molar refractivity (Wildman–Crippen MR) is 119 cm³/mol. The Morgan fingerprint density at radius 2 is 1.47 bits per heavy atom. The van der Waals surface area contributed by atoms with E-state index in [1.54, 1.807) is 12.4 Å². The van der Waals surface area contributed by atoms with Crippen LogP contribution in [0.5, 0.6) is 11.5 Å². The molecule has 1 heterocycles. The fourth-order valence-electron chi connectivity index (χ4n) is 2.78. The van der Waals surface area contributed by atoms with E-state index in [4.69, 9.17) is 18.9 Å². The average molecular weight is 417 g/mol. The van der Waals surface area contributed by atoms with Gasteiger partial charge in [0.15, 0.2) is 17.9 Å². The highest BCUT2D eigenvalue weighted by atomic mass is 16.7. The van der Waals surface area contributed by atoms with Gasteiger partial charge in [-0.15, -0.1) is 0 Å². The quantitative estimate of drug-likeness (QED) is 0.260. The maximum absolute atomic E-state index is 5.96. The number of rotatable bonds is 16. The molecule has 0 bridgehead atoms. The first kappa shape index (κ1) is 24.1. The molecular formula is C24H36N2O4. The minimum absolute atomic E-state index is 0.202. The molecule has 1 atom stereocenters. The molecule has 0 aliphatic rings. The monoisotopic (exact) mass is 416 g/mol. The highest BCUT2D eigenvalue weighted by Gasteiger charge is 2.10. The number of aromatic nitrogens is 2. The van der Waals surface area contributed by atoms with Crippen molar-refractivity contribution in [2.45, 2.75) is 65.6 Å². The second kappa shape index (κ2) is 14.7. The lowest BCUT2D eigenvalue weighted by Crippen LogP contribution is -2.20. The van der Waals surface area contributed by atoms with Crippen LogP contribution in [-0.4, -0.2) is 42.7 Å². The van der Waals surface area contributed by atoms with Gasteiger partial charge >= 0.3 is 0 Å². The molecule has 0 amide bonds. The lowest BCUT2D eigenvalue weighted by atomic mass is 10.2. The Kier molecular flexibility index (Phi) is 11.8. The Labute approximate surface area is 180 Å². The number of ether oxygens (including phenoxy) is 4. The molecule has 0 spiro atoms. The zero-order valence-electron chi connectivity index (χ0n) is 18.6. The van der Waals surface area contributed by atoms with Gasteiger partial charge in [-0.25, -0.2) is 9.97 Å². The van der Waals surface area contributed by atoms with Crippen molar-refractivity contribution in [3.05, 3.63) is 36.7 Å². The van der Waals surface area contributed by atoms with Gasteiger partial charge in [0.1, 0.15) is 5.75 Å². The van der Waals surface area contributed by atoms with Gasteiger partial charge in [0.05, 0.1) is 25.6 Å². The summed E-state index contributed by atoms with van der Waals surface area (Å²) in [7, 11) is 0. The molecule has 1 aromatic heterocycles. The van der Waals surface area contributed by atoms with Gasteiger partial charge < -0.3 is 18.9 Å². The van der Waals surface area contributed by atoms with Crippen molar-refractivity contribution in [2.24, 2.45) is 0 Å². The fourth-order valence-corrected chi connectivity index (χ4v) is 2.78. The average Bonchev–Trinajstić information content (AvgIpc) is 2.78. The number of nitrogens with zero attached hydrogens (tertiary/aromatic N) is 2. The van der Waals surface area contributed by atoms with Gasteiger partial charge in [-0.1, -0.05) is 27.2 Å². The molecule has 1 aromatic carbocycles. The summed E-state index contributed by atoms with van der Waals surface area (Å²) in [6.45, 7) is 9.30. The summed E-state index contributed by atoms with van der Waals surface area (Å²) in [5, 5.41) is 0. The summed E-state index contributed by atoms with van der Waals surface area (Å²) >= 11 is 0. The van der Waals surface area contributed by atoms with E-state index in [-0.39, 0.29) is 6.29 Å². The molecular weight excluding hydrogens is 380 g/mol. The molecule has 6 nitrogen and oxygen atoms in total. The van der Waals surface area contributed by atoms with Gasteiger partial charge in [-0.2, -0.15) is 0 Å². The molecule has 0 aliphatic carbocycles. The number of unbranched alkanes of at least 4 members (excludes halogenated alkanes) is 1. The summed E-state index contributed by atoms with van der Waals surface area (Å²) in [5.41, 5.74) is 0.934. The van der Waals surface area contributed by atoms with Crippen LogP contribution in [-0.2, 0) is 9.47 Å². The van der Waals surface area contributed by atoms with Gasteiger partial charge in [0.2, 0.25) is 0 Å². The second-order valence-corrected chi connectivity index (χ2v) is 7.14. The summed E-state index contributed by atoms with van der Waals surface area (Å²) in [6.07, 6.45) is 9.11. The summed E-state index contributed by atoms with van der Waals surface area (Å²) in [5.74, 6) is 2.13. The van der Waals surface area contributed by atoms with E-state index in [0.717, 1.165) is 63.1 Å². The van der Waals surface area contributed by atoms with Crippen LogP contribution in [0.3, 0.4) is 0 Å². The van der Waals surface area contributed by atoms with E-state index in [1.165, 1.54) is 0 Å². The highest BCUT2D eigenvalue weighted by molar-refractivity contribution is 5.56. The molecule has 0 fully saturated rings. The van der Waals surface area contributed by atoms with Gasteiger partial charge in [0, 0.05) is 25.2 Å². The maximum atomic E-state index is 5.96. The van der Waals surface area contributed by atoms with Gasteiger partial charge in [-0.05, 0) is 49.9 Å². The largest absolute Gasteiger partial charge is 0.490 e. The van der Waals surface area contributed by atoms with Crippen LogP contribution >= 0.6 is 0 Å². The highest BCUT2D eigenvalue weighted by Crippen LogP contribution is 2.22. The van der Waals surface area contributed by atoms with E-state index in [9.17, 15) is 0 Å². The minimum Gasteiger partial charge on any atom is -0.490 e. The van der Waals surface area contributed by atoms with Crippen molar-refractivity contribution in [1.29, 1.82) is 0 Å². The van der Waals surface area contributed by atoms with Crippen LogP contribution in [0.15, 0.2) is 36.7 Å². The molecule has 0 saturated heterocycles. The molecule has 1 unspecified atom stereocenters. The topological polar surface area (TPSA) is 62.7 Å². The third kappa shape index (κ3) is 9.09. The van der Waals surface area contributed by atoms with Gasteiger partial charge in [0.25, 0.3) is 0 Å². The third-order valence-electron chi connectivity index (χ3n) is 4.34. The molecule has 166 valence electrons. The van der Waals surface area contributed by atoms with Crippen LogP contribution in [0.25, 0.3) is 11.4 Å². The normalized spacial score (nSPS) is 12.0. The molecule has 0 radical (unpaired) electrons. The number of hydrogen-bond donors (Lipinski definition) is 0. The van der Waals surface area contributed by atoms with Crippen molar-refractivity contribution >= 4 is 0 Å². The molecule has 2 rings (SSSR count). The lowest BCUT2D eigenvalue weighted by Gasteiger charge is -2.19. The first-order valence-electron chi connectivity index (χ1n) is 11.2. The Bertz CT molecular complexity index is 677. The van der Waals surface area contributed by atoms with Crippen molar-refractivity contribution < 1.29 is 18.9 Å². The third-order valence-corrected chi connectivity index (χ3v) is 4.34. The van der Waals surface area contributed by atoms with Crippen molar-refractivity contribution in [1.82, 2.24) is 9.97 Å². The number of hydrogen-bond acceptors (Lipinski definition) is 6. The zero-order chi connectivity index (χ0) is 21.4. The van der Waals surface area contributed by atoms with E-state index >= 15 is 0 Å². The number of benzene rings is 1. The molecule has 6 heteroatoms. The van der Waals surface area contributed by atoms with E-state index in [0.29, 0.717) is 24.8 Å². The Morgan fingerprint density at radius 3 is 2.13 bits per heavy atom. The molecule has 0 saturated carbocycles. The first-order valence-corrected chi connectivity index (χ1v) is 11.2. The second-order valence-electron chi connectivity index (χ2n) is 7.14. The summed E-state index contributed by atoms with van der Waals surface area (Å²) in [6, 6.07) is 7.79. The fraction of sp³-hybridized carbons (Fsp3) is 0.583. The minimum atomic E-state index is -0.202. The summed E-state index contributed by atoms with van der Waals surface area (Å²) in [4.78, 5) is 8.85. The molecule has 0 aliphatic heterocycles. The lowest BCUT2D eigenvalue weighted by molar-refractivity contribution is -0.0844. The van der Waals surface area contributed by atoms with Crippen LogP contribution in [0.1, 0.15) is 59.3 Å². The molecule has 30 heavy (non-hydrogen) atoms. The standard InChI is InChI=1S/C24H36N2O4/c1-4-9-23(29-15-6-3)30-21-12-10-20(11-13-21)24-25-18-22(19-26-24)28-17-8-7-16-27-14-5-2/h10-13,18-19,23H,4-9,14-17H2,1-3H3. The van der Waals surface area contributed by atoms with Crippen molar-refractivity contribution in [2.75, 3.05) is 26.4 Å². The zero-order valence-corrected chi connectivity index (χ0v) is 18.6. The molecule has 0 N–H and O–H groups in total. The van der Waals surface area contributed by atoms with E-state index in [1.807, 2.05) is 24.3 Å². The van der Waals surface area contributed by atoms with Gasteiger partial charge in [-0.3, -0.25) is 0 Å². The first-order chi connectivity index (χ1) is 14.8. The van der Waals surface area contributed by atoms with Crippen molar-refractivity contribution in [3.8, 4) is 22.9 Å². The smallest absolute Gasteiger partial charge is 0.199 e. The predicted octanol–water partition coefficient (Wildman–Crippen LogP) is 5.66. The van der Waals surface area contributed by atoms with Crippen molar-refractivity contribution in [3.63, 3.8) is 0 Å². The van der Waals surface area contributed by atoms with E-state index < -0.39 is 0 Å². The maximum Gasteiger partial charge on any atom is 0.199 e. The van der Waals surface area contributed by atoms with Crippen LogP contribution in [0.4, 0.5) is 0 Å². The SMILES string of the molecule is CCCOCCCCOc1cnc(-c2ccc(OC(CCC)OCCC)cc2)nc1. The van der Waals surface area contributed by atoms with Crippen LogP contribution in [0, 0.1) is 0 Å². The molecule has 2 aromatic rings. The summed E-state index contributed by atoms with van der Waals surface area (Å²) < 4.78 is 22.9. The van der Waals surface area contributed by atoms with E-state index in [2.05, 4.69) is 30.7 Å². The Morgan fingerprint density at radius 1 is 0.767 bits per heavy atom.